The molecule has 0 unspecified atom stereocenters. The monoisotopic (exact) mass is 343 g/mol. The third-order valence-electron chi connectivity index (χ3n) is 3.61. The van der Waals surface area contributed by atoms with Gasteiger partial charge in [0.05, 0.1) is 7.11 Å². The number of aldehydes is 1. The van der Waals surface area contributed by atoms with Gasteiger partial charge < -0.3 is 4.74 Å². The molecular weight excluding hydrogens is 328 g/mol. The summed E-state index contributed by atoms with van der Waals surface area (Å²) in [6, 6.07) is 13.6. The molecule has 3 rings (SSSR count). The van der Waals surface area contributed by atoms with Crippen LogP contribution in [-0.4, -0.2) is 34.6 Å². The van der Waals surface area contributed by atoms with Crippen molar-refractivity contribution in [1.29, 1.82) is 0 Å². The predicted octanol–water partition coefficient (Wildman–Crippen LogP) is 3.70. The van der Waals surface area contributed by atoms with E-state index in [-0.39, 0.29) is 5.82 Å². The van der Waals surface area contributed by atoms with Crippen molar-refractivity contribution in [2.45, 2.75) is 13.0 Å². The van der Waals surface area contributed by atoms with Crippen molar-refractivity contribution in [3.8, 4) is 28.5 Å². The first-order valence-electron chi connectivity index (χ1n) is 7.53. The number of nitrogens with zero attached hydrogens (tertiary/aromatic N) is 3. The molecule has 2 aromatic carbocycles. The lowest BCUT2D eigenvalue weighted by molar-refractivity contribution is 0.112. The van der Waals surface area contributed by atoms with Crippen LogP contribution in [0.1, 0.15) is 10.4 Å². The van der Waals surface area contributed by atoms with Crippen molar-refractivity contribution in [2.75, 3.05) is 7.11 Å². The summed E-state index contributed by atoms with van der Waals surface area (Å²) in [5.41, 5.74) is 1.68. The van der Waals surface area contributed by atoms with Crippen molar-refractivity contribution >= 4 is 6.29 Å². The molecule has 0 bridgehead atoms. The Balaban J connectivity index is 2.06. The molecule has 128 valence electrons. The highest BCUT2D eigenvalue weighted by molar-refractivity contribution is 5.78. The lowest BCUT2D eigenvalue weighted by Crippen LogP contribution is -2.10. The minimum atomic E-state index is -2.57. The van der Waals surface area contributed by atoms with Crippen LogP contribution < -0.4 is 4.74 Å². The fourth-order valence-electron chi connectivity index (χ4n) is 2.43. The van der Waals surface area contributed by atoms with Gasteiger partial charge in [-0.2, -0.15) is 5.10 Å². The molecule has 3 aromatic rings. The summed E-state index contributed by atoms with van der Waals surface area (Å²) in [4.78, 5) is 15.4. The lowest BCUT2D eigenvalue weighted by Gasteiger charge is -2.05. The van der Waals surface area contributed by atoms with Crippen LogP contribution in [0.25, 0.3) is 22.8 Å². The van der Waals surface area contributed by atoms with Crippen LogP contribution >= 0.6 is 0 Å². The molecule has 0 fully saturated rings. The summed E-state index contributed by atoms with van der Waals surface area (Å²) >= 11 is 0. The average molecular weight is 343 g/mol. The van der Waals surface area contributed by atoms with Gasteiger partial charge in [0, 0.05) is 16.7 Å². The molecule has 25 heavy (non-hydrogen) atoms. The Hall–Kier alpha value is -3.09. The van der Waals surface area contributed by atoms with Gasteiger partial charge in [-0.05, 0) is 30.3 Å². The second-order valence-electron chi connectivity index (χ2n) is 5.30. The molecule has 0 atom stereocenters. The van der Waals surface area contributed by atoms with Crippen molar-refractivity contribution in [3.05, 3.63) is 54.1 Å². The van der Waals surface area contributed by atoms with Crippen LogP contribution in [0.5, 0.6) is 5.75 Å². The predicted molar refractivity (Wildman–Crippen MR) is 88.8 cm³/mol. The Kier molecular flexibility index (Phi) is 4.83. The number of benzene rings is 2. The standard InChI is InChI=1S/C18H15F2N3O2/c1-25-15-7-5-13(6-8-15)17-21-18(23(22-17)10-16(19)20)14-4-2-3-12(9-14)11-24/h2-9,11,16H,10H2,1H3. The fraction of sp³-hybridized carbons (Fsp3) is 0.167. The van der Waals surface area contributed by atoms with E-state index in [0.717, 1.165) is 4.68 Å². The summed E-state index contributed by atoms with van der Waals surface area (Å²) in [5, 5.41) is 4.20. The molecule has 0 saturated heterocycles. The number of hydrogen-bond donors (Lipinski definition) is 0. The van der Waals surface area contributed by atoms with Gasteiger partial charge in [0.25, 0.3) is 6.43 Å². The quantitative estimate of drug-likeness (QED) is 0.641. The Morgan fingerprint density at radius 2 is 1.92 bits per heavy atom. The van der Waals surface area contributed by atoms with Gasteiger partial charge in [-0.1, -0.05) is 18.2 Å². The Morgan fingerprint density at radius 1 is 1.16 bits per heavy atom. The molecule has 0 spiro atoms. The Bertz CT molecular complexity index is 876. The van der Waals surface area contributed by atoms with E-state index in [9.17, 15) is 13.6 Å². The first-order valence-corrected chi connectivity index (χ1v) is 7.53. The number of carbonyl (C=O) groups excluding carboxylic acids is 1. The topological polar surface area (TPSA) is 57.0 Å². The summed E-state index contributed by atoms with van der Waals surface area (Å²) in [5.74, 6) is 1.29. The number of halogens is 2. The van der Waals surface area contributed by atoms with E-state index in [0.29, 0.717) is 34.6 Å². The SMILES string of the molecule is COc1ccc(-c2nc(-c3cccc(C=O)c3)n(CC(F)F)n2)cc1. The van der Waals surface area contributed by atoms with Crippen LogP contribution in [0.2, 0.25) is 0 Å². The van der Waals surface area contributed by atoms with Gasteiger partial charge in [0.2, 0.25) is 0 Å². The largest absolute Gasteiger partial charge is 0.497 e. The number of carbonyl (C=O) groups is 1. The Morgan fingerprint density at radius 3 is 2.56 bits per heavy atom. The highest BCUT2D eigenvalue weighted by atomic mass is 19.3. The van der Waals surface area contributed by atoms with Gasteiger partial charge >= 0.3 is 0 Å². The van der Waals surface area contributed by atoms with Crippen LogP contribution in [0.3, 0.4) is 0 Å². The zero-order valence-electron chi connectivity index (χ0n) is 13.4. The maximum atomic E-state index is 12.9. The molecule has 0 radical (unpaired) electrons. The highest BCUT2D eigenvalue weighted by Crippen LogP contribution is 2.25. The van der Waals surface area contributed by atoms with Crippen LogP contribution in [0, 0.1) is 0 Å². The number of rotatable bonds is 6. The number of methoxy groups -OCH3 is 1. The number of ether oxygens (including phenoxy) is 1. The van der Waals surface area contributed by atoms with E-state index in [1.54, 1.807) is 55.6 Å². The van der Waals surface area contributed by atoms with E-state index < -0.39 is 13.0 Å². The molecule has 1 heterocycles. The van der Waals surface area contributed by atoms with Crippen LogP contribution in [-0.2, 0) is 6.54 Å². The summed E-state index contributed by atoms with van der Waals surface area (Å²) in [6.45, 7) is -0.580. The van der Waals surface area contributed by atoms with E-state index in [1.165, 1.54) is 0 Å². The molecule has 0 aliphatic rings. The van der Waals surface area contributed by atoms with Gasteiger partial charge in [0.15, 0.2) is 11.6 Å². The molecule has 0 aliphatic carbocycles. The first kappa shape index (κ1) is 16.8. The molecule has 0 amide bonds. The molecule has 5 nitrogen and oxygen atoms in total. The molecular formula is C18H15F2N3O2. The number of hydrogen-bond acceptors (Lipinski definition) is 4. The normalized spacial score (nSPS) is 10.9. The van der Waals surface area contributed by atoms with Crippen molar-refractivity contribution in [3.63, 3.8) is 0 Å². The Labute approximate surface area is 142 Å². The maximum absolute atomic E-state index is 12.9. The van der Waals surface area contributed by atoms with E-state index in [1.807, 2.05) is 0 Å². The van der Waals surface area contributed by atoms with Crippen molar-refractivity contribution < 1.29 is 18.3 Å². The number of alkyl halides is 2. The minimum absolute atomic E-state index is 0.287. The molecule has 0 saturated carbocycles. The smallest absolute Gasteiger partial charge is 0.258 e. The van der Waals surface area contributed by atoms with Crippen molar-refractivity contribution in [2.24, 2.45) is 0 Å². The summed E-state index contributed by atoms with van der Waals surface area (Å²) < 4.78 is 32.1. The lowest BCUT2D eigenvalue weighted by atomic mass is 10.1. The minimum Gasteiger partial charge on any atom is -0.497 e. The summed E-state index contributed by atoms with van der Waals surface area (Å²) in [6.07, 6.45) is -1.87. The molecule has 0 aliphatic heterocycles. The molecule has 7 heteroatoms. The third-order valence-corrected chi connectivity index (χ3v) is 3.61. The zero-order valence-corrected chi connectivity index (χ0v) is 13.4. The zero-order chi connectivity index (χ0) is 17.8. The fourth-order valence-corrected chi connectivity index (χ4v) is 2.43. The van der Waals surface area contributed by atoms with E-state index >= 15 is 0 Å². The van der Waals surface area contributed by atoms with Crippen LogP contribution in [0.4, 0.5) is 8.78 Å². The van der Waals surface area contributed by atoms with Gasteiger partial charge in [-0.15, -0.1) is 0 Å². The average Bonchev–Trinajstić information content (AvgIpc) is 3.05. The highest BCUT2D eigenvalue weighted by Gasteiger charge is 2.17. The van der Waals surface area contributed by atoms with Gasteiger partial charge in [0.1, 0.15) is 18.6 Å². The third kappa shape index (κ3) is 3.71. The molecule has 1 aromatic heterocycles. The maximum Gasteiger partial charge on any atom is 0.258 e. The van der Waals surface area contributed by atoms with Crippen LogP contribution in [0.15, 0.2) is 48.5 Å². The second-order valence-corrected chi connectivity index (χ2v) is 5.30. The van der Waals surface area contributed by atoms with E-state index in [4.69, 9.17) is 4.74 Å². The van der Waals surface area contributed by atoms with Gasteiger partial charge in [-0.25, -0.2) is 18.4 Å². The van der Waals surface area contributed by atoms with E-state index in [2.05, 4.69) is 10.1 Å². The van der Waals surface area contributed by atoms with Crippen molar-refractivity contribution in [1.82, 2.24) is 14.8 Å². The summed E-state index contributed by atoms with van der Waals surface area (Å²) in [7, 11) is 1.56. The number of aromatic nitrogens is 3. The van der Waals surface area contributed by atoms with Gasteiger partial charge in [-0.3, -0.25) is 4.79 Å². The molecule has 0 N–H and O–H groups in total. The first-order chi connectivity index (χ1) is 12.1. The second kappa shape index (κ2) is 7.21.